The van der Waals surface area contributed by atoms with E-state index in [1.165, 1.54) is 6.07 Å². The van der Waals surface area contributed by atoms with Crippen molar-refractivity contribution in [2.45, 2.75) is 73.3 Å². The van der Waals surface area contributed by atoms with Crippen LogP contribution in [0, 0.1) is 11.3 Å². The maximum Gasteiger partial charge on any atom is 0.460 e. The number of fused-ring (bicyclic) bond motifs is 1. The minimum absolute atomic E-state index is 0.0906. The summed E-state index contributed by atoms with van der Waals surface area (Å²) < 4.78 is 227. The van der Waals surface area contributed by atoms with Crippen LogP contribution in [-0.2, 0) is 17.6 Å². The van der Waals surface area contributed by atoms with Crippen molar-refractivity contribution in [3.05, 3.63) is 16.0 Å². The molecule has 1 heterocycles. The van der Waals surface area contributed by atoms with E-state index in [1.807, 2.05) is 0 Å². The number of aryl methyl sites for hydroxylation is 1. The van der Waals surface area contributed by atoms with Crippen molar-refractivity contribution in [3.8, 4) is 6.07 Å². The van der Waals surface area contributed by atoms with E-state index in [0.29, 0.717) is 12.8 Å². The summed E-state index contributed by atoms with van der Waals surface area (Å²) in [4.78, 5) is 12.0. The SMILES string of the molecule is N#Cc1c(NC(=O)C(F)(F)C(F)(F)C(F)(F)C(F)(F)C(F)(F)C(F)(F)C(F)(F)C(F)(F)F)sc2c1CCCC2. The van der Waals surface area contributed by atoms with Gasteiger partial charge >= 0.3 is 53.5 Å². The van der Waals surface area contributed by atoms with Crippen LogP contribution in [0.2, 0.25) is 0 Å². The van der Waals surface area contributed by atoms with Gasteiger partial charge in [-0.3, -0.25) is 4.79 Å². The number of anilines is 1. The molecule has 1 aliphatic carbocycles. The van der Waals surface area contributed by atoms with Crippen LogP contribution in [0.1, 0.15) is 28.8 Å². The molecule has 0 aromatic carbocycles. The van der Waals surface area contributed by atoms with E-state index in [2.05, 4.69) is 0 Å². The van der Waals surface area contributed by atoms with Crippen molar-refractivity contribution >= 4 is 22.2 Å². The summed E-state index contributed by atoms with van der Waals surface area (Å²) in [5, 5.41) is 8.97. The molecule has 0 saturated heterocycles. The molecule has 3 nitrogen and oxygen atoms in total. The summed E-state index contributed by atoms with van der Waals surface area (Å²) >= 11 is 0.290. The lowest BCUT2D eigenvalue weighted by Gasteiger charge is -2.42. The Morgan fingerprint density at radius 1 is 0.667 bits per heavy atom. The second-order valence-corrected chi connectivity index (χ2v) is 9.10. The fourth-order valence-electron chi connectivity index (χ4n) is 3.26. The van der Waals surface area contributed by atoms with E-state index in [4.69, 9.17) is 5.26 Å². The van der Waals surface area contributed by atoms with Crippen LogP contribution in [0.5, 0.6) is 0 Å². The monoisotopic (exact) mass is 624 g/mol. The lowest BCUT2D eigenvalue weighted by Crippen LogP contribution is -2.75. The topological polar surface area (TPSA) is 52.9 Å². The highest BCUT2D eigenvalue weighted by Crippen LogP contribution is 2.64. The highest BCUT2D eigenvalue weighted by Gasteiger charge is 2.95. The summed E-state index contributed by atoms with van der Waals surface area (Å²) in [6.07, 6.45) is -6.74. The van der Waals surface area contributed by atoms with Gasteiger partial charge in [0.2, 0.25) is 0 Å². The molecule has 1 aromatic rings. The molecule has 0 fully saturated rings. The number of rotatable bonds is 8. The van der Waals surface area contributed by atoms with Crippen molar-refractivity contribution in [1.29, 1.82) is 5.26 Å². The maximum absolute atomic E-state index is 14.1. The van der Waals surface area contributed by atoms with Gasteiger partial charge in [-0.1, -0.05) is 0 Å². The number of carbonyl (C=O) groups excluding carboxylic acids is 1. The molecule has 0 radical (unpaired) electrons. The van der Waals surface area contributed by atoms with Crippen LogP contribution in [-0.4, -0.2) is 53.5 Å². The van der Waals surface area contributed by atoms with Gasteiger partial charge in [-0.15, -0.1) is 11.3 Å². The van der Waals surface area contributed by atoms with Crippen molar-refractivity contribution < 1.29 is 79.4 Å². The summed E-state index contributed by atoms with van der Waals surface area (Å²) in [5.74, 6) is -62.1. The molecule has 1 aromatic heterocycles. The predicted molar refractivity (Wildman–Crippen MR) is 95.0 cm³/mol. The fourth-order valence-corrected chi connectivity index (χ4v) is 4.50. The molecule has 0 bridgehead atoms. The molecule has 1 N–H and O–H groups in total. The van der Waals surface area contributed by atoms with Gasteiger partial charge in [0.05, 0.1) is 5.56 Å². The summed E-state index contributed by atoms with van der Waals surface area (Å²) in [5.41, 5.74) is -0.525. The Labute approximate surface area is 208 Å². The second kappa shape index (κ2) is 9.26. The number of thiophene rings is 1. The molecule has 0 unspecified atom stereocenters. The standard InChI is InChI=1S/C18H9F17N2OS/c19-11(20,10(38)37-9-7(5-36)6-3-1-2-4-8(6)39-9)12(21,22)13(23,24)14(25,26)15(27,28)16(29,30)17(31,32)18(33,34)35/h1-4H2,(H,37,38). The number of halogens is 17. The van der Waals surface area contributed by atoms with E-state index >= 15 is 0 Å². The summed E-state index contributed by atoms with van der Waals surface area (Å²) in [6, 6.07) is 1.37. The first-order valence-corrected chi connectivity index (χ1v) is 10.6. The number of carbonyl (C=O) groups is 1. The molecule has 1 amide bonds. The highest BCUT2D eigenvalue weighted by atomic mass is 32.1. The first-order chi connectivity index (χ1) is 17.2. The second-order valence-electron chi connectivity index (χ2n) is 8.00. The van der Waals surface area contributed by atoms with Crippen LogP contribution < -0.4 is 5.32 Å². The largest absolute Gasteiger partial charge is 0.460 e. The average molecular weight is 624 g/mol. The first kappa shape index (κ1) is 32.7. The van der Waals surface area contributed by atoms with Crippen LogP contribution in [0.15, 0.2) is 0 Å². The van der Waals surface area contributed by atoms with E-state index in [1.54, 1.807) is 0 Å². The molecule has 1 aliphatic rings. The zero-order valence-electron chi connectivity index (χ0n) is 18.0. The Morgan fingerprint density at radius 3 is 1.51 bits per heavy atom. The van der Waals surface area contributed by atoms with E-state index in [-0.39, 0.29) is 34.6 Å². The van der Waals surface area contributed by atoms with Gasteiger partial charge in [-0.25, -0.2) is 0 Å². The van der Waals surface area contributed by atoms with E-state index in [0.717, 1.165) is 5.32 Å². The lowest BCUT2D eigenvalue weighted by molar-refractivity contribution is -0.459. The molecule has 39 heavy (non-hydrogen) atoms. The Kier molecular flexibility index (Phi) is 7.76. The summed E-state index contributed by atoms with van der Waals surface area (Å²) in [6.45, 7) is 0. The van der Waals surface area contributed by atoms with Gasteiger partial charge in [-0.05, 0) is 31.2 Å². The number of nitrogens with one attached hydrogen (secondary N) is 1. The lowest BCUT2D eigenvalue weighted by atomic mass is 9.89. The van der Waals surface area contributed by atoms with Gasteiger partial charge in [0.25, 0.3) is 0 Å². The Morgan fingerprint density at radius 2 is 1.08 bits per heavy atom. The third-order valence-electron chi connectivity index (χ3n) is 5.52. The maximum atomic E-state index is 14.1. The number of alkyl halides is 17. The number of amides is 1. The van der Waals surface area contributed by atoms with E-state index in [9.17, 15) is 79.4 Å². The highest BCUT2D eigenvalue weighted by molar-refractivity contribution is 7.16. The Hall–Kier alpha value is -2.53. The van der Waals surface area contributed by atoms with Crippen LogP contribution in [0.3, 0.4) is 0 Å². The molecule has 0 spiro atoms. The Balaban J connectivity index is 2.55. The van der Waals surface area contributed by atoms with Gasteiger partial charge in [0.1, 0.15) is 11.1 Å². The van der Waals surface area contributed by atoms with Crippen LogP contribution in [0.25, 0.3) is 0 Å². The number of hydrogen-bond donors (Lipinski definition) is 1. The summed E-state index contributed by atoms with van der Waals surface area (Å²) in [7, 11) is 0. The van der Waals surface area contributed by atoms with E-state index < -0.39 is 64.1 Å². The number of nitriles is 1. The molecular formula is C18H9F17N2OS. The molecule has 2 rings (SSSR count). The smallest absolute Gasteiger partial charge is 0.311 e. The zero-order valence-corrected chi connectivity index (χ0v) is 18.8. The van der Waals surface area contributed by atoms with Gasteiger partial charge in [-0.2, -0.15) is 79.9 Å². The fraction of sp³-hybridized carbons (Fsp3) is 0.667. The van der Waals surface area contributed by atoms with Crippen molar-refractivity contribution in [1.82, 2.24) is 0 Å². The van der Waals surface area contributed by atoms with Gasteiger partial charge < -0.3 is 5.32 Å². The average Bonchev–Trinajstić information content (AvgIpc) is 3.14. The predicted octanol–water partition coefficient (Wildman–Crippen LogP) is 7.45. The third-order valence-corrected chi connectivity index (χ3v) is 6.72. The van der Waals surface area contributed by atoms with Crippen molar-refractivity contribution in [3.63, 3.8) is 0 Å². The first-order valence-electron chi connectivity index (χ1n) is 9.76. The third kappa shape index (κ3) is 4.36. The van der Waals surface area contributed by atoms with Gasteiger partial charge in [0, 0.05) is 4.88 Å². The molecule has 0 atom stereocenters. The molecule has 0 aliphatic heterocycles. The molecular weight excluding hydrogens is 615 g/mol. The quantitative estimate of drug-likeness (QED) is 0.306. The molecule has 0 saturated carbocycles. The van der Waals surface area contributed by atoms with Crippen molar-refractivity contribution in [2.24, 2.45) is 0 Å². The molecule has 21 heteroatoms. The minimum atomic E-state index is -8.78. The van der Waals surface area contributed by atoms with Crippen molar-refractivity contribution in [2.75, 3.05) is 5.32 Å². The number of nitrogens with zero attached hydrogens (tertiary/aromatic N) is 1. The normalized spacial score (nSPS) is 16.5. The van der Waals surface area contributed by atoms with Crippen LogP contribution >= 0.6 is 11.3 Å². The minimum Gasteiger partial charge on any atom is -0.311 e. The van der Waals surface area contributed by atoms with Crippen LogP contribution in [0.4, 0.5) is 79.6 Å². The number of hydrogen-bond acceptors (Lipinski definition) is 3. The molecule has 222 valence electrons. The Bertz CT molecular complexity index is 1160. The zero-order chi connectivity index (χ0) is 30.8. The van der Waals surface area contributed by atoms with Gasteiger partial charge in [0.15, 0.2) is 0 Å².